The first-order valence-electron chi connectivity index (χ1n) is 3.96. The van der Waals surface area contributed by atoms with Crippen molar-refractivity contribution >= 4 is 23.3 Å². The van der Waals surface area contributed by atoms with Crippen molar-refractivity contribution < 1.29 is 0 Å². The van der Waals surface area contributed by atoms with Crippen LogP contribution in [0.5, 0.6) is 0 Å². The highest BCUT2D eigenvalue weighted by Crippen LogP contribution is 2.27. The summed E-state index contributed by atoms with van der Waals surface area (Å²) in [4.78, 5) is 1.24. The van der Waals surface area contributed by atoms with Gasteiger partial charge in [-0.3, -0.25) is 0 Å². The molecule has 0 spiro atoms. The van der Waals surface area contributed by atoms with Gasteiger partial charge in [-0.1, -0.05) is 30.3 Å². The molecule has 0 unspecified atom stereocenters. The van der Waals surface area contributed by atoms with Crippen molar-refractivity contribution in [2.75, 3.05) is 6.26 Å². The Morgan fingerprint density at radius 2 is 2.00 bits per heavy atom. The van der Waals surface area contributed by atoms with Gasteiger partial charge in [-0.2, -0.15) is 4.37 Å². The smallest absolute Gasteiger partial charge is 0.110 e. The molecule has 2 rings (SSSR count). The van der Waals surface area contributed by atoms with E-state index in [1.54, 1.807) is 23.3 Å². The van der Waals surface area contributed by atoms with Gasteiger partial charge in [-0.25, -0.2) is 0 Å². The number of nitrogens with zero attached hydrogens (tertiary/aromatic N) is 1. The van der Waals surface area contributed by atoms with Crippen LogP contribution in [0.1, 0.15) is 0 Å². The lowest BCUT2D eigenvalue weighted by Gasteiger charge is -1.92. The molecule has 0 saturated carbocycles. The predicted molar refractivity (Wildman–Crippen MR) is 59.3 cm³/mol. The summed E-state index contributed by atoms with van der Waals surface area (Å²) in [5, 5.41) is 1.10. The lowest BCUT2D eigenvalue weighted by molar-refractivity contribution is 1.30. The molecule has 0 radical (unpaired) electrons. The zero-order valence-electron chi connectivity index (χ0n) is 7.23. The van der Waals surface area contributed by atoms with Gasteiger partial charge in [0.2, 0.25) is 0 Å². The third-order valence-corrected chi connectivity index (χ3v) is 3.34. The van der Waals surface area contributed by atoms with Gasteiger partial charge >= 0.3 is 0 Å². The molecule has 0 fully saturated rings. The van der Waals surface area contributed by atoms with Crippen LogP contribution in [0.4, 0.5) is 0 Å². The molecule has 0 N–H and O–H groups in total. The third-order valence-electron chi connectivity index (χ3n) is 1.76. The quantitative estimate of drug-likeness (QED) is 0.699. The van der Waals surface area contributed by atoms with Crippen molar-refractivity contribution in [3.8, 4) is 10.4 Å². The van der Waals surface area contributed by atoms with Crippen LogP contribution in [-0.4, -0.2) is 10.6 Å². The Labute approximate surface area is 86.0 Å². The maximum atomic E-state index is 4.32. The van der Waals surface area contributed by atoms with E-state index in [9.17, 15) is 0 Å². The average Bonchev–Trinajstić information content (AvgIpc) is 2.67. The average molecular weight is 207 g/mol. The molecule has 0 aliphatic carbocycles. The fourth-order valence-electron chi connectivity index (χ4n) is 1.09. The molecule has 0 atom stereocenters. The summed E-state index contributed by atoms with van der Waals surface area (Å²) in [6, 6.07) is 12.5. The molecule has 0 bridgehead atoms. The fraction of sp³-hybridized carbons (Fsp3) is 0.100. The SMILES string of the molecule is CSc1cc(-c2ccccc2)sn1. The van der Waals surface area contributed by atoms with Crippen LogP contribution in [0.25, 0.3) is 10.4 Å². The molecule has 0 aliphatic rings. The largest absolute Gasteiger partial charge is 0.186 e. The maximum Gasteiger partial charge on any atom is 0.110 e. The molecular formula is C10H9NS2. The molecule has 3 heteroatoms. The lowest BCUT2D eigenvalue weighted by atomic mass is 10.2. The molecule has 66 valence electrons. The Bertz CT molecular complexity index is 381. The Morgan fingerprint density at radius 3 is 2.62 bits per heavy atom. The second-order valence-electron chi connectivity index (χ2n) is 2.60. The standard InChI is InChI=1S/C10H9NS2/c1-12-10-7-9(13-11-10)8-5-3-2-4-6-8/h2-7H,1H3. The highest BCUT2D eigenvalue weighted by Gasteiger charge is 2.01. The molecule has 1 heterocycles. The summed E-state index contributed by atoms with van der Waals surface area (Å²) >= 11 is 3.24. The molecule has 1 aromatic heterocycles. The van der Waals surface area contributed by atoms with Gasteiger partial charge in [0.25, 0.3) is 0 Å². The fourth-order valence-corrected chi connectivity index (χ4v) is 2.46. The molecule has 1 nitrogen and oxygen atoms in total. The van der Waals surface area contributed by atoms with Crippen molar-refractivity contribution in [1.29, 1.82) is 0 Å². The number of hydrogen-bond acceptors (Lipinski definition) is 3. The van der Waals surface area contributed by atoms with Crippen molar-refractivity contribution in [2.45, 2.75) is 5.03 Å². The number of benzene rings is 1. The molecule has 1 aromatic carbocycles. The van der Waals surface area contributed by atoms with Crippen molar-refractivity contribution in [3.63, 3.8) is 0 Å². The van der Waals surface area contributed by atoms with Crippen LogP contribution in [0, 0.1) is 0 Å². The van der Waals surface area contributed by atoms with Crippen LogP contribution in [0.2, 0.25) is 0 Å². The summed E-state index contributed by atoms with van der Waals surface area (Å²) < 4.78 is 4.32. The minimum Gasteiger partial charge on any atom is -0.186 e. The summed E-state index contributed by atoms with van der Waals surface area (Å²) in [6.45, 7) is 0. The van der Waals surface area contributed by atoms with Gasteiger partial charge in [-0.05, 0) is 29.4 Å². The van der Waals surface area contributed by atoms with E-state index in [-0.39, 0.29) is 0 Å². The van der Waals surface area contributed by atoms with Crippen LogP contribution in [-0.2, 0) is 0 Å². The van der Waals surface area contributed by atoms with E-state index in [0.717, 1.165) is 5.03 Å². The summed E-state index contributed by atoms with van der Waals surface area (Å²) in [7, 11) is 0. The van der Waals surface area contributed by atoms with E-state index >= 15 is 0 Å². The van der Waals surface area contributed by atoms with Gasteiger partial charge in [-0.15, -0.1) is 11.8 Å². The molecule has 0 aliphatic heterocycles. The van der Waals surface area contributed by atoms with E-state index < -0.39 is 0 Å². The predicted octanol–water partition coefficient (Wildman–Crippen LogP) is 3.53. The highest BCUT2D eigenvalue weighted by molar-refractivity contribution is 7.98. The molecule has 2 aromatic rings. The Morgan fingerprint density at radius 1 is 1.23 bits per heavy atom. The molecular weight excluding hydrogens is 198 g/mol. The topological polar surface area (TPSA) is 12.9 Å². The first-order chi connectivity index (χ1) is 6.40. The zero-order valence-corrected chi connectivity index (χ0v) is 8.86. The minimum absolute atomic E-state index is 1.10. The number of thioether (sulfide) groups is 1. The molecule has 13 heavy (non-hydrogen) atoms. The Balaban J connectivity index is 2.36. The van der Waals surface area contributed by atoms with E-state index in [0.29, 0.717) is 0 Å². The van der Waals surface area contributed by atoms with Gasteiger partial charge in [0.15, 0.2) is 0 Å². The van der Waals surface area contributed by atoms with E-state index in [2.05, 4.69) is 22.6 Å². The summed E-state index contributed by atoms with van der Waals surface area (Å²) in [5.41, 5.74) is 1.25. The zero-order chi connectivity index (χ0) is 9.10. The summed E-state index contributed by atoms with van der Waals surface area (Å²) in [6.07, 6.45) is 2.05. The van der Waals surface area contributed by atoms with Crippen LogP contribution >= 0.6 is 23.3 Å². The van der Waals surface area contributed by atoms with Crippen LogP contribution in [0.3, 0.4) is 0 Å². The number of rotatable bonds is 2. The van der Waals surface area contributed by atoms with Gasteiger partial charge in [0, 0.05) is 0 Å². The lowest BCUT2D eigenvalue weighted by Crippen LogP contribution is -1.68. The highest BCUT2D eigenvalue weighted by atomic mass is 32.2. The van der Waals surface area contributed by atoms with E-state index in [4.69, 9.17) is 0 Å². The van der Waals surface area contributed by atoms with Gasteiger partial charge in [0.05, 0.1) is 4.88 Å². The molecule has 0 amide bonds. The Kier molecular flexibility index (Phi) is 2.66. The molecule has 0 saturated heterocycles. The van der Waals surface area contributed by atoms with Crippen molar-refractivity contribution in [3.05, 3.63) is 36.4 Å². The van der Waals surface area contributed by atoms with E-state index in [1.807, 2.05) is 24.5 Å². The normalized spacial score (nSPS) is 10.2. The van der Waals surface area contributed by atoms with Gasteiger partial charge < -0.3 is 0 Å². The first kappa shape index (κ1) is 8.78. The number of aromatic nitrogens is 1. The van der Waals surface area contributed by atoms with Crippen LogP contribution < -0.4 is 0 Å². The Hall–Kier alpha value is -0.800. The third kappa shape index (κ3) is 1.92. The maximum absolute atomic E-state index is 4.32. The second kappa shape index (κ2) is 3.94. The van der Waals surface area contributed by atoms with Gasteiger partial charge in [0.1, 0.15) is 5.03 Å². The monoisotopic (exact) mass is 207 g/mol. The first-order valence-corrected chi connectivity index (χ1v) is 5.96. The van der Waals surface area contributed by atoms with Crippen molar-refractivity contribution in [2.24, 2.45) is 0 Å². The summed E-state index contributed by atoms with van der Waals surface area (Å²) in [5.74, 6) is 0. The number of hydrogen-bond donors (Lipinski definition) is 0. The van der Waals surface area contributed by atoms with Crippen LogP contribution in [0.15, 0.2) is 41.4 Å². The van der Waals surface area contributed by atoms with Crippen molar-refractivity contribution in [1.82, 2.24) is 4.37 Å². The minimum atomic E-state index is 1.10. The van der Waals surface area contributed by atoms with E-state index in [1.165, 1.54) is 10.4 Å². The second-order valence-corrected chi connectivity index (χ2v) is 4.23.